The minimum absolute atomic E-state index is 0.812. The summed E-state index contributed by atoms with van der Waals surface area (Å²) in [6.45, 7) is 0. The number of nitrogens with zero attached hydrogens (tertiary/aromatic N) is 4. The molecule has 12 rings (SSSR count). The van der Waals surface area contributed by atoms with Gasteiger partial charge in [0, 0.05) is 23.2 Å². The van der Waals surface area contributed by atoms with E-state index in [0.29, 0.717) is 0 Å². The number of hydrogen-bond acceptors (Lipinski definition) is 3. The molecular weight excluding hydrogens is 681 g/mol. The van der Waals surface area contributed by atoms with E-state index in [1.54, 1.807) is 12.4 Å². The van der Waals surface area contributed by atoms with Gasteiger partial charge in [0.25, 0.3) is 0 Å². The lowest BCUT2D eigenvalue weighted by Crippen LogP contribution is -2.22. The van der Waals surface area contributed by atoms with Crippen molar-refractivity contribution in [3.05, 3.63) is 186 Å². The fourth-order valence-electron chi connectivity index (χ4n) is 9.10. The van der Waals surface area contributed by atoms with Gasteiger partial charge in [0.05, 0.1) is 11.0 Å². The third-order valence-corrected chi connectivity index (χ3v) is 11.7. The third kappa shape index (κ3) is 4.63. The molecule has 0 bridgehead atoms. The van der Waals surface area contributed by atoms with Crippen LogP contribution in [-0.4, -0.2) is 19.4 Å². The van der Waals surface area contributed by atoms with Crippen LogP contribution < -0.4 is 10.4 Å². The van der Waals surface area contributed by atoms with Crippen LogP contribution in [0.15, 0.2) is 170 Å². The molecule has 0 fully saturated rings. The van der Waals surface area contributed by atoms with Crippen LogP contribution in [0.5, 0.6) is 0 Å². The number of aromatic nitrogens is 4. The third-order valence-electron chi connectivity index (χ3n) is 11.7. The summed E-state index contributed by atoms with van der Waals surface area (Å²) < 4.78 is 2.16. The Bertz CT molecular complexity index is 3630. The van der Waals surface area contributed by atoms with Gasteiger partial charge in [0.1, 0.15) is 11.2 Å². The molecular formula is C52H32N4. The molecule has 1 aliphatic rings. The molecule has 0 radical (unpaired) electrons. The van der Waals surface area contributed by atoms with Gasteiger partial charge in [-0.3, -0.25) is 9.38 Å². The highest BCUT2D eigenvalue weighted by Crippen LogP contribution is 2.45. The smallest absolute Gasteiger partial charge is 0.165 e. The SMILES string of the molecule is C1=C(c2c3ccccc3c(-c3ccc4ccccc4c3)c3cc(-c4ccc5c(c4)nc4c6ccccc6c6nccnc6n54)ccc23)CC=c2ccccc2=C1. The lowest BCUT2D eigenvalue weighted by Gasteiger charge is -2.20. The predicted molar refractivity (Wildman–Crippen MR) is 234 cm³/mol. The van der Waals surface area contributed by atoms with Crippen LogP contribution in [0.1, 0.15) is 12.0 Å². The number of rotatable bonds is 3. The molecule has 3 aromatic heterocycles. The van der Waals surface area contributed by atoms with E-state index in [1.165, 1.54) is 65.0 Å². The summed E-state index contributed by atoms with van der Waals surface area (Å²) in [5.41, 5.74) is 11.9. The number of hydrogen-bond donors (Lipinski definition) is 0. The molecule has 0 N–H and O–H groups in total. The zero-order valence-electron chi connectivity index (χ0n) is 30.3. The Balaban J connectivity index is 1.13. The van der Waals surface area contributed by atoms with Gasteiger partial charge in [-0.1, -0.05) is 146 Å². The standard InChI is InChI=1S/C52H32N4/c1-2-10-33-18-21-35(20-17-32(33)9-1)48-40-13-5-6-14-41(40)49(39-22-19-34-11-3-4-12-36(34)29-39)45-30-37(23-25-42(45)48)38-24-26-47-46(31-38)55-51-44-16-8-7-15-43(44)50-52(56(47)51)54-28-27-53-50/h1-20,22-31H,21H2. The zero-order chi connectivity index (χ0) is 36.7. The van der Waals surface area contributed by atoms with Crippen molar-refractivity contribution in [2.24, 2.45) is 0 Å². The van der Waals surface area contributed by atoms with E-state index in [1.807, 2.05) is 0 Å². The summed E-state index contributed by atoms with van der Waals surface area (Å²) >= 11 is 0. The van der Waals surface area contributed by atoms with Gasteiger partial charge in [-0.2, -0.15) is 0 Å². The van der Waals surface area contributed by atoms with Gasteiger partial charge < -0.3 is 0 Å². The van der Waals surface area contributed by atoms with Crippen molar-refractivity contribution in [2.45, 2.75) is 6.42 Å². The van der Waals surface area contributed by atoms with E-state index in [0.717, 1.165) is 56.2 Å². The van der Waals surface area contributed by atoms with E-state index >= 15 is 0 Å². The first kappa shape index (κ1) is 31.0. The van der Waals surface area contributed by atoms with Crippen molar-refractivity contribution in [3.8, 4) is 22.3 Å². The number of fused-ring (bicyclic) bond motifs is 12. The van der Waals surface area contributed by atoms with E-state index in [2.05, 4.69) is 174 Å². The minimum Gasteiger partial charge on any atom is -0.274 e. The summed E-state index contributed by atoms with van der Waals surface area (Å²) in [4.78, 5) is 14.8. The summed E-state index contributed by atoms with van der Waals surface area (Å²) in [6.07, 6.45) is 11.4. The summed E-state index contributed by atoms with van der Waals surface area (Å²) in [5.74, 6) is 0. The zero-order valence-corrected chi connectivity index (χ0v) is 30.3. The van der Waals surface area contributed by atoms with Crippen molar-refractivity contribution >= 4 is 88.7 Å². The molecule has 0 atom stereocenters. The fourth-order valence-corrected chi connectivity index (χ4v) is 9.10. The first-order chi connectivity index (χ1) is 27.8. The molecule has 0 spiro atoms. The quantitative estimate of drug-likeness (QED) is 0.135. The minimum atomic E-state index is 0.812. The van der Waals surface area contributed by atoms with Crippen LogP contribution in [0, 0.1) is 0 Å². The summed E-state index contributed by atoms with van der Waals surface area (Å²) in [6, 6.07) is 55.2. The van der Waals surface area contributed by atoms with Crippen LogP contribution >= 0.6 is 0 Å². The molecule has 4 nitrogen and oxygen atoms in total. The van der Waals surface area contributed by atoms with E-state index in [-0.39, 0.29) is 0 Å². The molecule has 0 saturated heterocycles. The Morgan fingerprint density at radius 3 is 2.02 bits per heavy atom. The molecule has 0 aliphatic heterocycles. The van der Waals surface area contributed by atoms with Gasteiger partial charge in [-0.15, -0.1) is 0 Å². The average molecular weight is 713 g/mol. The Morgan fingerprint density at radius 1 is 0.446 bits per heavy atom. The van der Waals surface area contributed by atoms with Crippen molar-refractivity contribution < 1.29 is 0 Å². The highest BCUT2D eigenvalue weighted by Gasteiger charge is 2.20. The Morgan fingerprint density at radius 2 is 1.12 bits per heavy atom. The van der Waals surface area contributed by atoms with Crippen LogP contribution in [0.4, 0.5) is 0 Å². The Kier molecular flexibility index (Phi) is 6.66. The van der Waals surface area contributed by atoms with Crippen LogP contribution in [0.25, 0.3) is 111 Å². The highest BCUT2D eigenvalue weighted by molar-refractivity contribution is 6.20. The average Bonchev–Trinajstić information content (AvgIpc) is 3.52. The first-order valence-corrected chi connectivity index (χ1v) is 19.1. The molecule has 260 valence electrons. The topological polar surface area (TPSA) is 43.1 Å². The van der Waals surface area contributed by atoms with Gasteiger partial charge in [-0.05, 0) is 107 Å². The number of pyridine rings is 1. The molecule has 8 aromatic carbocycles. The molecule has 0 unspecified atom stereocenters. The molecule has 1 aliphatic carbocycles. The second-order valence-corrected chi connectivity index (χ2v) is 14.8. The van der Waals surface area contributed by atoms with Crippen molar-refractivity contribution in [2.75, 3.05) is 0 Å². The highest BCUT2D eigenvalue weighted by atomic mass is 15.1. The fraction of sp³-hybridized carbons (Fsp3) is 0.0192. The van der Waals surface area contributed by atoms with Crippen LogP contribution in [-0.2, 0) is 0 Å². The summed E-state index contributed by atoms with van der Waals surface area (Å²) in [7, 11) is 0. The van der Waals surface area contributed by atoms with Gasteiger partial charge in [0.15, 0.2) is 5.65 Å². The normalized spacial score (nSPS) is 13.0. The lowest BCUT2D eigenvalue weighted by molar-refractivity contribution is 1.19. The second kappa shape index (κ2) is 12.0. The largest absolute Gasteiger partial charge is 0.274 e. The maximum atomic E-state index is 5.26. The van der Waals surface area contributed by atoms with Crippen LogP contribution in [0.2, 0.25) is 0 Å². The number of allylic oxidation sites excluding steroid dienone is 2. The Labute approximate surface area is 321 Å². The van der Waals surface area contributed by atoms with E-state index < -0.39 is 0 Å². The molecule has 56 heavy (non-hydrogen) atoms. The maximum absolute atomic E-state index is 5.26. The van der Waals surface area contributed by atoms with Gasteiger partial charge >= 0.3 is 0 Å². The molecule has 4 heteroatoms. The molecule has 3 heterocycles. The number of imidazole rings is 1. The summed E-state index contributed by atoms with van der Waals surface area (Å²) in [5, 5.41) is 12.1. The Hall–Kier alpha value is -7.43. The first-order valence-electron chi connectivity index (χ1n) is 19.1. The number of benzene rings is 8. The van der Waals surface area contributed by atoms with Gasteiger partial charge in [0.2, 0.25) is 0 Å². The van der Waals surface area contributed by atoms with Gasteiger partial charge in [-0.25, -0.2) is 9.97 Å². The molecule has 11 aromatic rings. The molecule has 0 saturated carbocycles. The van der Waals surface area contributed by atoms with Crippen molar-refractivity contribution in [1.29, 1.82) is 0 Å². The molecule has 0 amide bonds. The van der Waals surface area contributed by atoms with E-state index in [9.17, 15) is 0 Å². The van der Waals surface area contributed by atoms with E-state index in [4.69, 9.17) is 15.0 Å². The van der Waals surface area contributed by atoms with Crippen molar-refractivity contribution in [3.63, 3.8) is 0 Å². The lowest BCUT2D eigenvalue weighted by atomic mass is 9.83. The maximum Gasteiger partial charge on any atom is 0.165 e. The van der Waals surface area contributed by atoms with Crippen molar-refractivity contribution in [1.82, 2.24) is 19.4 Å². The predicted octanol–water partition coefficient (Wildman–Crippen LogP) is 11.4. The monoisotopic (exact) mass is 712 g/mol. The van der Waals surface area contributed by atoms with Crippen LogP contribution in [0.3, 0.4) is 0 Å². The second-order valence-electron chi connectivity index (χ2n) is 14.8.